The molecule has 2 N–H and O–H groups in total. The summed E-state index contributed by atoms with van der Waals surface area (Å²) in [6.45, 7) is 4.34. The van der Waals surface area contributed by atoms with Crippen molar-refractivity contribution in [3.05, 3.63) is 63.3 Å². The van der Waals surface area contributed by atoms with Crippen LogP contribution in [-0.4, -0.2) is 22.4 Å². The highest BCUT2D eigenvalue weighted by atomic mass is 79.9. The van der Waals surface area contributed by atoms with E-state index in [2.05, 4.69) is 31.2 Å². The van der Waals surface area contributed by atoms with E-state index in [1.54, 1.807) is 24.4 Å². The first kappa shape index (κ1) is 16.6. The molecule has 0 saturated heterocycles. The van der Waals surface area contributed by atoms with Crippen molar-refractivity contribution < 1.29 is 9.18 Å². The van der Waals surface area contributed by atoms with Crippen molar-refractivity contribution in [1.29, 1.82) is 0 Å². The Bertz CT molecular complexity index is 920. The number of hydrogen-bond donors (Lipinski definition) is 2. The van der Waals surface area contributed by atoms with Crippen LogP contribution in [0.25, 0.3) is 10.9 Å². The van der Waals surface area contributed by atoms with Gasteiger partial charge in [-0.25, -0.2) is 4.39 Å². The van der Waals surface area contributed by atoms with Gasteiger partial charge in [0.05, 0.1) is 5.52 Å². The maximum atomic E-state index is 14.0. The van der Waals surface area contributed by atoms with Crippen LogP contribution in [-0.2, 0) is 6.42 Å². The van der Waals surface area contributed by atoms with Gasteiger partial charge in [-0.3, -0.25) is 9.78 Å². The van der Waals surface area contributed by atoms with Gasteiger partial charge >= 0.3 is 0 Å². The fourth-order valence-corrected chi connectivity index (χ4v) is 3.21. The average Bonchev–Trinajstić information content (AvgIpc) is 2.89. The van der Waals surface area contributed by atoms with Crippen LogP contribution in [0.15, 0.2) is 34.9 Å². The second-order valence-corrected chi connectivity index (χ2v) is 6.62. The Kier molecular flexibility index (Phi) is 4.66. The molecule has 0 radical (unpaired) electrons. The second kappa shape index (κ2) is 6.73. The number of nitrogens with zero attached hydrogens (tertiary/aromatic N) is 1. The van der Waals surface area contributed by atoms with Gasteiger partial charge in [-0.05, 0) is 49.6 Å². The molecule has 3 aromatic rings. The number of aryl methyl sites for hydroxylation is 2. The van der Waals surface area contributed by atoms with E-state index in [9.17, 15) is 9.18 Å². The van der Waals surface area contributed by atoms with E-state index < -0.39 is 0 Å². The van der Waals surface area contributed by atoms with Crippen molar-refractivity contribution in [3.63, 3.8) is 0 Å². The molecule has 0 fully saturated rings. The van der Waals surface area contributed by atoms with Crippen molar-refractivity contribution in [2.24, 2.45) is 0 Å². The zero-order chi connectivity index (χ0) is 17.3. The van der Waals surface area contributed by atoms with Crippen LogP contribution in [0.1, 0.15) is 27.3 Å². The molecule has 124 valence electrons. The minimum atomic E-state index is -0.257. The molecule has 1 aromatic carbocycles. The Morgan fingerprint density at radius 2 is 2.12 bits per heavy atom. The number of aromatic amines is 1. The molecule has 0 saturated carbocycles. The Labute approximate surface area is 147 Å². The van der Waals surface area contributed by atoms with E-state index in [1.807, 2.05) is 13.8 Å². The molecule has 1 amide bonds. The monoisotopic (exact) mass is 389 g/mol. The Hall–Kier alpha value is -2.21. The van der Waals surface area contributed by atoms with Gasteiger partial charge in [0.1, 0.15) is 11.5 Å². The first-order chi connectivity index (χ1) is 11.5. The van der Waals surface area contributed by atoms with E-state index in [0.29, 0.717) is 24.2 Å². The summed E-state index contributed by atoms with van der Waals surface area (Å²) in [5.74, 6) is -0.482. The lowest BCUT2D eigenvalue weighted by molar-refractivity contribution is 0.0949. The van der Waals surface area contributed by atoms with Crippen molar-refractivity contribution in [1.82, 2.24) is 15.3 Å². The van der Waals surface area contributed by atoms with Gasteiger partial charge in [0.25, 0.3) is 5.91 Å². The molecule has 0 unspecified atom stereocenters. The molecule has 2 aromatic heterocycles. The summed E-state index contributed by atoms with van der Waals surface area (Å²) in [4.78, 5) is 19.3. The average molecular weight is 390 g/mol. The number of H-pyrrole nitrogens is 1. The van der Waals surface area contributed by atoms with Crippen LogP contribution in [0.4, 0.5) is 4.39 Å². The summed E-state index contributed by atoms with van der Waals surface area (Å²) < 4.78 is 14.8. The fourth-order valence-electron chi connectivity index (χ4n) is 2.88. The first-order valence-corrected chi connectivity index (χ1v) is 8.42. The Balaban J connectivity index is 1.76. The molecule has 0 bridgehead atoms. The van der Waals surface area contributed by atoms with Crippen LogP contribution >= 0.6 is 15.9 Å². The molecule has 2 heterocycles. The van der Waals surface area contributed by atoms with Gasteiger partial charge < -0.3 is 10.3 Å². The van der Waals surface area contributed by atoms with Crippen molar-refractivity contribution >= 4 is 32.7 Å². The summed E-state index contributed by atoms with van der Waals surface area (Å²) in [6, 6.07) is 6.69. The quantitative estimate of drug-likeness (QED) is 0.706. The SMILES string of the molecule is Cc1[nH]c2c(F)ccc(C)c2c1CCNC(=O)c1cc(Br)ccn1. The number of amides is 1. The number of benzene rings is 1. The molecule has 3 rings (SSSR count). The second-order valence-electron chi connectivity index (χ2n) is 5.71. The molecule has 0 atom stereocenters. The predicted octanol–water partition coefficient (Wildman–Crippen LogP) is 4.05. The number of aromatic nitrogens is 2. The van der Waals surface area contributed by atoms with E-state index >= 15 is 0 Å². The summed E-state index contributed by atoms with van der Waals surface area (Å²) in [5, 5.41) is 3.77. The highest BCUT2D eigenvalue weighted by Gasteiger charge is 2.14. The van der Waals surface area contributed by atoms with Gasteiger partial charge in [-0.15, -0.1) is 0 Å². The number of carbonyl (C=O) groups excluding carboxylic acids is 1. The molecule has 0 aliphatic carbocycles. The standard InChI is InChI=1S/C18H17BrFN3O/c1-10-3-4-14(20)17-16(10)13(11(2)23-17)6-8-22-18(24)15-9-12(19)5-7-21-15/h3-5,7,9,23H,6,8H2,1-2H3,(H,22,24). The van der Waals surface area contributed by atoms with Crippen LogP contribution in [0.2, 0.25) is 0 Å². The van der Waals surface area contributed by atoms with E-state index in [-0.39, 0.29) is 11.7 Å². The normalized spacial score (nSPS) is 11.0. The largest absolute Gasteiger partial charge is 0.356 e. The van der Waals surface area contributed by atoms with Crippen LogP contribution in [0.5, 0.6) is 0 Å². The fraction of sp³-hybridized carbons (Fsp3) is 0.222. The van der Waals surface area contributed by atoms with Gasteiger partial charge in [0, 0.05) is 28.3 Å². The Morgan fingerprint density at radius 3 is 2.88 bits per heavy atom. The molecule has 0 aliphatic heterocycles. The molecule has 4 nitrogen and oxygen atoms in total. The van der Waals surface area contributed by atoms with Crippen LogP contribution < -0.4 is 5.32 Å². The van der Waals surface area contributed by atoms with Crippen molar-refractivity contribution in [2.75, 3.05) is 6.54 Å². The van der Waals surface area contributed by atoms with Crippen molar-refractivity contribution in [2.45, 2.75) is 20.3 Å². The molecular formula is C18H17BrFN3O. The topological polar surface area (TPSA) is 57.8 Å². The predicted molar refractivity (Wildman–Crippen MR) is 95.7 cm³/mol. The number of rotatable bonds is 4. The summed E-state index contributed by atoms with van der Waals surface area (Å²) >= 11 is 3.32. The van der Waals surface area contributed by atoms with Crippen LogP contribution in [0.3, 0.4) is 0 Å². The third-order valence-corrected chi connectivity index (χ3v) is 4.54. The zero-order valence-corrected chi connectivity index (χ0v) is 15.0. The van der Waals surface area contributed by atoms with Gasteiger partial charge in [-0.2, -0.15) is 0 Å². The third-order valence-electron chi connectivity index (χ3n) is 4.04. The van der Waals surface area contributed by atoms with Gasteiger partial charge in [0.15, 0.2) is 0 Å². The smallest absolute Gasteiger partial charge is 0.269 e. The number of carbonyl (C=O) groups is 1. The molecule has 0 spiro atoms. The maximum absolute atomic E-state index is 14.0. The lowest BCUT2D eigenvalue weighted by atomic mass is 10.0. The number of pyridine rings is 1. The highest BCUT2D eigenvalue weighted by molar-refractivity contribution is 9.10. The van der Waals surface area contributed by atoms with Gasteiger partial charge in [-0.1, -0.05) is 22.0 Å². The van der Waals surface area contributed by atoms with E-state index in [0.717, 1.165) is 26.7 Å². The number of halogens is 2. The summed E-state index contributed by atoms with van der Waals surface area (Å²) in [7, 11) is 0. The zero-order valence-electron chi connectivity index (χ0n) is 13.4. The minimum absolute atomic E-state index is 0.225. The van der Waals surface area contributed by atoms with E-state index in [1.165, 1.54) is 6.07 Å². The number of nitrogens with one attached hydrogen (secondary N) is 2. The molecule has 6 heteroatoms. The Morgan fingerprint density at radius 1 is 1.33 bits per heavy atom. The summed E-state index contributed by atoms with van der Waals surface area (Å²) in [6.07, 6.45) is 2.20. The van der Waals surface area contributed by atoms with Crippen LogP contribution in [0, 0.1) is 19.7 Å². The molecule has 0 aliphatic rings. The lowest BCUT2D eigenvalue weighted by Crippen LogP contribution is -2.26. The number of fused-ring (bicyclic) bond motifs is 1. The molecular weight excluding hydrogens is 373 g/mol. The molecule has 24 heavy (non-hydrogen) atoms. The van der Waals surface area contributed by atoms with Gasteiger partial charge in [0.2, 0.25) is 0 Å². The lowest BCUT2D eigenvalue weighted by Gasteiger charge is -2.07. The third kappa shape index (κ3) is 3.19. The highest BCUT2D eigenvalue weighted by Crippen LogP contribution is 2.27. The first-order valence-electron chi connectivity index (χ1n) is 7.63. The van der Waals surface area contributed by atoms with E-state index in [4.69, 9.17) is 0 Å². The minimum Gasteiger partial charge on any atom is -0.356 e. The number of hydrogen-bond acceptors (Lipinski definition) is 2. The maximum Gasteiger partial charge on any atom is 0.269 e. The summed E-state index contributed by atoms with van der Waals surface area (Å²) in [5.41, 5.74) is 3.87. The van der Waals surface area contributed by atoms with Crippen molar-refractivity contribution in [3.8, 4) is 0 Å².